The largest absolute Gasteiger partial charge is 0.432 e. The highest BCUT2D eigenvalue weighted by atomic mass is 19.3. The molecule has 9 heteroatoms. The van der Waals surface area contributed by atoms with Crippen LogP contribution in [0.25, 0.3) is 0 Å². The maximum Gasteiger partial charge on any atom is 0.400 e. The first-order valence-corrected chi connectivity index (χ1v) is 16.9. The number of hydrogen-bond donors (Lipinski definition) is 0. The zero-order chi connectivity index (χ0) is 32.0. The van der Waals surface area contributed by atoms with Crippen molar-refractivity contribution in [3.8, 4) is 5.75 Å². The Morgan fingerprint density at radius 2 is 1.31 bits per heavy atom. The highest BCUT2D eigenvalue weighted by Crippen LogP contribution is 2.44. The zero-order valence-corrected chi connectivity index (χ0v) is 26.2. The molecule has 2 aromatic carbocycles. The molecule has 0 amide bonds. The molecule has 250 valence electrons. The minimum absolute atomic E-state index is 0.187. The maximum atomic E-state index is 15.2. The second kappa shape index (κ2) is 15.6. The van der Waals surface area contributed by atoms with E-state index >= 15 is 4.39 Å². The maximum absolute atomic E-state index is 15.2. The van der Waals surface area contributed by atoms with E-state index in [0.29, 0.717) is 55.9 Å². The Kier molecular flexibility index (Phi) is 11.8. The lowest BCUT2D eigenvalue weighted by atomic mass is 9.74. The summed E-state index contributed by atoms with van der Waals surface area (Å²) in [5.41, 5.74) is 1.49. The molecular weight excluding hydrogens is 594 g/mol. The van der Waals surface area contributed by atoms with Crippen molar-refractivity contribution in [1.29, 1.82) is 0 Å². The third-order valence-electron chi connectivity index (χ3n) is 10.3. The van der Waals surface area contributed by atoms with Crippen LogP contribution in [0.5, 0.6) is 5.75 Å². The summed E-state index contributed by atoms with van der Waals surface area (Å²) < 4.78 is 101. The van der Waals surface area contributed by atoms with Gasteiger partial charge >= 0.3 is 6.11 Å². The van der Waals surface area contributed by atoms with E-state index in [2.05, 4.69) is 11.7 Å². The van der Waals surface area contributed by atoms with E-state index in [-0.39, 0.29) is 24.6 Å². The van der Waals surface area contributed by atoms with Gasteiger partial charge in [-0.05, 0) is 87.2 Å². The normalized spacial score (nSPS) is 27.8. The van der Waals surface area contributed by atoms with E-state index in [4.69, 9.17) is 9.47 Å². The summed E-state index contributed by atoms with van der Waals surface area (Å²) in [6, 6.07) is 6.30. The second-order valence-corrected chi connectivity index (χ2v) is 13.5. The molecule has 0 N–H and O–H groups in total. The molecule has 5 rings (SSSR count). The number of halogens is 6. The van der Waals surface area contributed by atoms with Gasteiger partial charge in [-0.3, -0.25) is 0 Å². The van der Waals surface area contributed by atoms with E-state index < -0.39 is 41.5 Å². The number of hydrogen-bond acceptors (Lipinski definition) is 3. The molecule has 0 aromatic heterocycles. The molecule has 3 aliphatic rings. The first-order valence-electron chi connectivity index (χ1n) is 16.9. The molecule has 0 radical (unpaired) electrons. The summed E-state index contributed by atoms with van der Waals surface area (Å²) in [5.74, 6) is -5.34. The van der Waals surface area contributed by atoms with Crippen LogP contribution in [0, 0.1) is 46.9 Å². The van der Waals surface area contributed by atoms with Crippen molar-refractivity contribution >= 4 is 0 Å². The number of unbranched alkanes of at least 4 members (excludes halogenated alkanes) is 2. The molecule has 2 aliphatic carbocycles. The standard InChI is InChI=1S/C36H46F6O3/c1-2-3-4-5-25-21-43-35(44-22-25)27-14-17-30(31(37)18-27)26-12-8-23(9-13-26)6-7-24-10-15-28(16-11-24)36(41,42)45-29-19-32(38)34(40)33(39)20-29/h14,17-20,23-26,28,35H,2-13,15-16,21-22H2,1H3. The minimum atomic E-state index is -3.60. The van der Waals surface area contributed by atoms with E-state index in [9.17, 15) is 22.0 Å². The van der Waals surface area contributed by atoms with Gasteiger partial charge in [-0.1, -0.05) is 51.2 Å². The molecule has 3 fully saturated rings. The van der Waals surface area contributed by atoms with Gasteiger partial charge in [-0.2, -0.15) is 8.78 Å². The van der Waals surface area contributed by atoms with Gasteiger partial charge in [0.2, 0.25) is 0 Å². The first-order chi connectivity index (χ1) is 21.6. The summed E-state index contributed by atoms with van der Waals surface area (Å²) in [6.07, 6.45) is 8.24. The lowest BCUT2D eigenvalue weighted by Gasteiger charge is -2.34. The fourth-order valence-corrected chi connectivity index (χ4v) is 7.46. The van der Waals surface area contributed by atoms with Crippen LogP contribution in [0.3, 0.4) is 0 Å². The van der Waals surface area contributed by atoms with Crippen LogP contribution >= 0.6 is 0 Å². The molecule has 0 spiro atoms. The fraction of sp³-hybridized carbons (Fsp3) is 0.667. The Morgan fingerprint density at radius 3 is 1.89 bits per heavy atom. The third-order valence-corrected chi connectivity index (χ3v) is 10.3. The van der Waals surface area contributed by atoms with Crippen LogP contribution in [0.2, 0.25) is 0 Å². The van der Waals surface area contributed by atoms with Crippen molar-refractivity contribution in [2.75, 3.05) is 13.2 Å². The predicted octanol–water partition coefficient (Wildman–Crippen LogP) is 11.0. The Morgan fingerprint density at radius 1 is 0.711 bits per heavy atom. The molecule has 45 heavy (non-hydrogen) atoms. The van der Waals surface area contributed by atoms with Crippen molar-refractivity contribution in [2.24, 2.45) is 23.7 Å². The molecule has 1 saturated heterocycles. The number of rotatable bonds is 12. The average Bonchev–Trinajstić information content (AvgIpc) is 3.03. The molecule has 0 atom stereocenters. The monoisotopic (exact) mass is 640 g/mol. The fourth-order valence-electron chi connectivity index (χ4n) is 7.46. The minimum Gasteiger partial charge on any atom is -0.432 e. The second-order valence-electron chi connectivity index (χ2n) is 13.5. The van der Waals surface area contributed by atoms with E-state index in [1.165, 1.54) is 19.3 Å². The van der Waals surface area contributed by atoms with E-state index in [1.807, 2.05) is 12.1 Å². The van der Waals surface area contributed by atoms with Gasteiger partial charge in [0.25, 0.3) is 0 Å². The van der Waals surface area contributed by atoms with Crippen molar-refractivity contribution in [2.45, 2.75) is 115 Å². The molecule has 3 nitrogen and oxygen atoms in total. The average molecular weight is 641 g/mol. The summed E-state index contributed by atoms with van der Waals surface area (Å²) in [6.45, 7) is 3.48. The van der Waals surface area contributed by atoms with Crippen molar-refractivity contribution in [3.05, 3.63) is 64.7 Å². The topological polar surface area (TPSA) is 27.7 Å². The zero-order valence-electron chi connectivity index (χ0n) is 26.2. The molecule has 1 heterocycles. The Balaban J connectivity index is 1.01. The third kappa shape index (κ3) is 8.97. The molecule has 0 unspecified atom stereocenters. The number of alkyl halides is 2. The number of ether oxygens (including phenoxy) is 3. The smallest absolute Gasteiger partial charge is 0.400 e. The van der Waals surface area contributed by atoms with Crippen LogP contribution in [0.1, 0.15) is 120 Å². The van der Waals surface area contributed by atoms with Gasteiger partial charge in [0, 0.05) is 23.6 Å². The Bertz CT molecular complexity index is 1210. The molecule has 2 aromatic rings. The van der Waals surface area contributed by atoms with Gasteiger partial charge in [-0.25, -0.2) is 17.6 Å². The number of benzene rings is 2. The lowest BCUT2D eigenvalue weighted by molar-refractivity contribution is -0.223. The first kappa shape index (κ1) is 34.1. The van der Waals surface area contributed by atoms with Crippen molar-refractivity contribution < 1.29 is 40.6 Å². The Labute approximate surface area is 263 Å². The van der Waals surface area contributed by atoms with Gasteiger partial charge in [0.15, 0.2) is 23.7 Å². The lowest BCUT2D eigenvalue weighted by Crippen LogP contribution is -2.37. The Hall–Kier alpha value is -2.26. The van der Waals surface area contributed by atoms with Gasteiger partial charge < -0.3 is 14.2 Å². The van der Waals surface area contributed by atoms with Crippen LogP contribution in [-0.4, -0.2) is 19.3 Å². The van der Waals surface area contributed by atoms with Crippen LogP contribution < -0.4 is 4.74 Å². The van der Waals surface area contributed by atoms with Crippen LogP contribution in [0.15, 0.2) is 30.3 Å². The van der Waals surface area contributed by atoms with Crippen molar-refractivity contribution in [1.82, 2.24) is 0 Å². The summed E-state index contributed by atoms with van der Waals surface area (Å²) >= 11 is 0. The van der Waals surface area contributed by atoms with Crippen molar-refractivity contribution in [3.63, 3.8) is 0 Å². The summed E-state index contributed by atoms with van der Waals surface area (Å²) in [4.78, 5) is 0. The summed E-state index contributed by atoms with van der Waals surface area (Å²) in [7, 11) is 0. The highest BCUT2D eigenvalue weighted by molar-refractivity contribution is 5.29. The molecular formula is C36H46F6O3. The van der Waals surface area contributed by atoms with E-state index in [0.717, 1.165) is 56.1 Å². The van der Waals surface area contributed by atoms with Gasteiger partial charge in [0.1, 0.15) is 11.6 Å². The van der Waals surface area contributed by atoms with Crippen LogP contribution in [-0.2, 0) is 9.47 Å². The SMILES string of the molecule is CCCCCC1COC(c2ccc(C3CCC(CCC4CCC(C(F)(F)Oc5cc(F)c(F)c(F)c5)CC4)CC3)c(F)c2)OC1. The van der Waals surface area contributed by atoms with Gasteiger partial charge in [-0.15, -0.1) is 0 Å². The van der Waals surface area contributed by atoms with Crippen LogP contribution in [0.4, 0.5) is 26.3 Å². The molecule has 2 saturated carbocycles. The predicted molar refractivity (Wildman–Crippen MR) is 160 cm³/mol. The molecule has 0 bridgehead atoms. The van der Waals surface area contributed by atoms with Gasteiger partial charge in [0.05, 0.1) is 19.1 Å². The highest BCUT2D eigenvalue weighted by Gasteiger charge is 2.44. The quantitative estimate of drug-likeness (QED) is 0.131. The molecule has 1 aliphatic heterocycles. The van der Waals surface area contributed by atoms with E-state index in [1.54, 1.807) is 6.07 Å². The summed E-state index contributed by atoms with van der Waals surface area (Å²) in [5, 5.41) is 0.